The molecule has 2 rings (SSSR count). The van der Waals surface area contributed by atoms with Crippen molar-refractivity contribution in [1.29, 1.82) is 0 Å². The van der Waals surface area contributed by atoms with E-state index < -0.39 is 5.97 Å². The van der Waals surface area contributed by atoms with Gasteiger partial charge >= 0.3 is 5.97 Å². The molecule has 5 nitrogen and oxygen atoms in total. The molecule has 0 saturated carbocycles. The van der Waals surface area contributed by atoms with Crippen LogP contribution in [0.5, 0.6) is 5.75 Å². The highest BCUT2D eigenvalue weighted by Gasteiger charge is 2.13. The second-order valence-electron chi connectivity index (χ2n) is 4.12. The molecule has 0 spiro atoms. The maximum absolute atomic E-state index is 10.8. The third kappa shape index (κ3) is 2.76. The molecule has 1 aromatic heterocycles. The zero-order chi connectivity index (χ0) is 13.8. The average Bonchev–Trinajstić information content (AvgIpc) is 2.80. The first kappa shape index (κ1) is 13.1. The summed E-state index contributed by atoms with van der Waals surface area (Å²) < 4.78 is 7.10. The highest BCUT2D eigenvalue weighted by Crippen LogP contribution is 2.24. The van der Waals surface area contributed by atoms with Crippen molar-refractivity contribution in [2.45, 2.75) is 19.9 Å². The van der Waals surface area contributed by atoms with Gasteiger partial charge in [0.1, 0.15) is 11.6 Å². The van der Waals surface area contributed by atoms with Gasteiger partial charge in [0.25, 0.3) is 0 Å². The van der Waals surface area contributed by atoms with Crippen LogP contribution in [0, 0.1) is 0 Å². The summed E-state index contributed by atoms with van der Waals surface area (Å²) in [5, 5.41) is 8.89. The van der Waals surface area contributed by atoms with Crippen LogP contribution >= 0.6 is 0 Å². The van der Waals surface area contributed by atoms with Gasteiger partial charge in [-0.1, -0.05) is 12.1 Å². The fourth-order valence-electron chi connectivity index (χ4n) is 2.05. The fraction of sp³-hybridized carbons (Fsp3) is 0.286. The van der Waals surface area contributed by atoms with Crippen LogP contribution in [0.2, 0.25) is 0 Å². The zero-order valence-electron chi connectivity index (χ0n) is 11.0. The van der Waals surface area contributed by atoms with Gasteiger partial charge in [-0.3, -0.25) is 4.79 Å². The number of aromatic nitrogens is 2. The number of carboxylic acids is 1. The van der Waals surface area contributed by atoms with E-state index in [2.05, 4.69) is 4.98 Å². The predicted molar refractivity (Wildman–Crippen MR) is 71.2 cm³/mol. The lowest BCUT2D eigenvalue weighted by molar-refractivity contribution is -0.136. The molecule has 5 heteroatoms. The third-order valence-electron chi connectivity index (χ3n) is 2.91. The first-order valence-electron chi connectivity index (χ1n) is 6.06. The minimum Gasteiger partial charge on any atom is -0.497 e. The molecule has 0 atom stereocenters. The van der Waals surface area contributed by atoms with Crippen molar-refractivity contribution in [2.75, 3.05) is 7.11 Å². The lowest BCUT2D eigenvalue weighted by Crippen LogP contribution is -2.08. The van der Waals surface area contributed by atoms with E-state index in [1.807, 2.05) is 35.8 Å². The van der Waals surface area contributed by atoms with Crippen LogP contribution in [0.4, 0.5) is 0 Å². The molecule has 0 amide bonds. The number of imidazole rings is 1. The maximum atomic E-state index is 10.8. The molecule has 2 aromatic rings. The largest absolute Gasteiger partial charge is 0.497 e. The van der Waals surface area contributed by atoms with Gasteiger partial charge in [0.15, 0.2) is 0 Å². The maximum Gasteiger partial charge on any atom is 0.309 e. The van der Waals surface area contributed by atoms with Crippen LogP contribution in [0.3, 0.4) is 0 Å². The van der Waals surface area contributed by atoms with Gasteiger partial charge in [-0.15, -0.1) is 0 Å². The minimum absolute atomic E-state index is 0.0230. The molecule has 0 unspecified atom stereocenters. The van der Waals surface area contributed by atoms with E-state index in [4.69, 9.17) is 9.84 Å². The molecule has 1 heterocycles. The van der Waals surface area contributed by atoms with Crippen molar-refractivity contribution < 1.29 is 14.6 Å². The number of nitrogens with zero attached hydrogens (tertiary/aromatic N) is 2. The molecular formula is C14H16N2O3. The Morgan fingerprint density at radius 3 is 2.89 bits per heavy atom. The van der Waals surface area contributed by atoms with E-state index in [1.165, 1.54) is 0 Å². The minimum atomic E-state index is -0.855. The molecule has 0 aliphatic rings. The first-order chi connectivity index (χ1) is 9.15. The standard InChI is InChI=1S/C14H16N2O3/c1-3-16-11(8-13(17)18)9-15-14(16)10-5-4-6-12(7-10)19-2/h4-7,9H,3,8H2,1-2H3,(H,17,18). The van der Waals surface area contributed by atoms with E-state index in [1.54, 1.807) is 13.3 Å². The summed E-state index contributed by atoms with van der Waals surface area (Å²) in [7, 11) is 1.61. The molecule has 0 saturated heterocycles. The molecule has 100 valence electrons. The van der Waals surface area contributed by atoms with Crippen LogP contribution in [-0.4, -0.2) is 27.7 Å². The van der Waals surface area contributed by atoms with E-state index in [-0.39, 0.29) is 6.42 Å². The quantitative estimate of drug-likeness (QED) is 0.895. The summed E-state index contributed by atoms with van der Waals surface area (Å²) in [4.78, 5) is 15.2. The smallest absolute Gasteiger partial charge is 0.309 e. The number of benzene rings is 1. The number of hydrogen-bond acceptors (Lipinski definition) is 3. The van der Waals surface area contributed by atoms with Crippen LogP contribution in [0.1, 0.15) is 12.6 Å². The van der Waals surface area contributed by atoms with Gasteiger partial charge in [-0.05, 0) is 19.1 Å². The number of methoxy groups -OCH3 is 1. The number of ether oxygens (including phenoxy) is 1. The number of carbonyl (C=O) groups is 1. The van der Waals surface area contributed by atoms with Crippen LogP contribution in [0.25, 0.3) is 11.4 Å². The number of rotatable bonds is 5. The summed E-state index contributed by atoms with van der Waals surface area (Å²) in [5.74, 6) is 0.660. The second kappa shape index (κ2) is 5.56. The Kier molecular flexibility index (Phi) is 3.85. The number of aliphatic carboxylic acids is 1. The van der Waals surface area contributed by atoms with Crippen molar-refractivity contribution in [3.05, 3.63) is 36.2 Å². The van der Waals surface area contributed by atoms with Crippen molar-refractivity contribution in [3.8, 4) is 17.1 Å². The molecule has 0 aliphatic heterocycles. The highest BCUT2D eigenvalue weighted by molar-refractivity contribution is 5.70. The molecule has 19 heavy (non-hydrogen) atoms. The Morgan fingerprint density at radius 2 is 2.26 bits per heavy atom. The van der Waals surface area contributed by atoms with Gasteiger partial charge in [0.2, 0.25) is 0 Å². The lowest BCUT2D eigenvalue weighted by Gasteiger charge is -2.09. The molecule has 1 aromatic carbocycles. The van der Waals surface area contributed by atoms with Crippen LogP contribution < -0.4 is 4.74 Å². The Morgan fingerprint density at radius 1 is 1.47 bits per heavy atom. The van der Waals surface area contributed by atoms with Gasteiger partial charge < -0.3 is 14.4 Å². The van der Waals surface area contributed by atoms with Crippen molar-refractivity contribution in [3.63, 3.8) is 0 Å². The van der Waals surface area contributed by atoms with E-state index in [0.717, 1.165) is 17.1 Å². The summed E-state index contributed by atoms with van der Waals surface area (Å²) in [6, 6.07) is 7.57. The summed E-state index contributed by atoms with van der Waals surface area (Å²) in [6.45, 7) is 2.64. The molecule has 0 radical (unpaired) electrons. The number of hydrogen-bond donors (Lipinski definition) is 1. The fourth-order valence-corrected chi connectivity index (χ4v) is 2.05. The predicted octanol–water partition coefficient (Wildman–Crippen LogP) is 2.21. The van der Waals surface area contributed by atoms with Crippen molar-refractivity contribution in [1.82, 2.24) is 9.55 Å². The van der Waals surface area contributed by atoms with E-state index in [0.29, 0.717) is 12.2 Å². The van der Waals surface area contributed by atoms with Crippen molar-refractivity contribution in [2.24, 2.45) is 0 Å². The third-order valence-corrected chi connectivity index (χ3v) is 2.91. The molecule has 0 fully saturated rings. The summed E-state index contributed by atoms with van der Waals surface area (Å²) in [5.41, 5.74) is 1.62. The topological polar surface area (TPSA) is 64.4 Å². The Labute approximate surface area is 111 Å². The monoisotopic (exact) mass is 260 g/mol. The van der Waals surface area contributed by atoms with Crippen molar-refractivity contribution >= 4 is 5.97 Å². The average molecular weight is 260 g/mol. The molecule has 0 bridgehead atoms. The normalized spacial score (nSPS) is 10.4. The first-order valence-corrected chi connectivity index (χ1v) is 6.06. The van der Waals surface area contributed by atoms with Gasteiger partial charge in [0, 0.05) is 24.0 Å². The van der Waals surface area contributed by atoms with Gasteiger partial charge in [-0.2, -0.15) is 0 Å². The van der Waals surface area contributed by atoms with Crippen LogP contribution in [0.15, 0.2) is 30.5 Å². The molecule has 1 N–H and O–H groups in total. The summed E-state index contributed by atoms with van der Waals surface area (Å²) >= 11 is 0. The highest BCUT2D eigenvalue weighted by atomic mass is 16.5. The Balaban J connectivity index is 2.44. The molecular weight excluding hydrogens is 244 g/mol. The van der Waals surface area contributed by atoms with E-state index >= 15 is 0 Å². The Bertz CT molecular complexity index is 590. The Hall–Kier alpha value is -2.30. The zero-order valence-corrected chi connectivity index (χ0v) is 11.0. The van der Waals surface area contributed by atoms with E-state index in [9.17, 15) is 4.79 Å². The van der Waals surface area contributed by atoms with Gasteiger partial charge in [0.05, 0.1) is 13.5 Å². The second-order valence-corrected chi connectivity index (χ2v) is 4.12. The van der Waals surface area contributed by atoms with Gasteiger partial charge in [-0.25, -0.2) is 4.98 Å². The number of carboxylic acid groups (broad SMARTS) is 1. The van der Waals surface area contributed by atoms with Crippen LogP contribution in [-0.2, 0) is 17.8 Å². The molecule has 0 aliphatic carbocycles. The lowest BCUT2D eigenvalue weighted by atomic mass is 10.2. The summed E-state index contributed by atoms with van der Waals surface area (Å²) in [6.07, 6.45) is 1.59. The SMILES string of the molecule is CCn1c(CC(=O)O)cnc1-c1cccc(OC)c1.